The van der Waals surface area contributed by atoms with E-state index in [0.717, 1.165) is 35.6 Å². The zero-order valence-corrected chi connectivity index (χ0v) is 14.1. The number of ether oxygens (including phenoxy) is 2. The van der Waals surface area contributed by atoms with Crippen molar-refractivity contribution in [1.29, 1.82) is 0 Å². The van der Waals surface area contributed by atoms with E-state index < -0.39 is 0 Å². The van der Waals surface area contributed by atoms with Gasteiger partial charge in [0, 0.05) is 5.92 Å². The Morgan fingerprint density at radius 2 is 2.00 bits per heavy atom. The third-order valence-electron chi connectivity index (χ3n) is 5.55. The molecule has 2 fully saturated rings. The maximum Gasteiger partial charge on any atom is 0.310 e. The van der Waals surface area contributed by atoms with Gasteiger partial charge in [-0.2, -0.15) is 0 Å². The van der Waals surface area contributed by atoms with Gasteiger partial charge in [0.25, 0.3) is 0 Å². The maximum absolute atomic E-state index is 12.4. The van der Waals surface area contributed by atoms with Gasteiger partial charge in [0.15, 0.2) is 0 Å². The highest BCUT2D eigenvalue weighted by atomic mass is 16.5. The molecule has 1 N–H and O–H groups in total. The van der Waals surface area contributed by atoms with Crippen LogP contribution in [-0.4, -0.2) is 23.3 Å². The van der Waals surface area contributed by atoms with Crippen molar-refractivity contribution in [3.63, 3.8) is 0 Å². The fourth-order valence-corrected chi connectivity index (χ4v) is 4.42. The first-order chi connectivity index (χ1) is 12.1. The van der Waals surface area contributed by atoms with E-state index in [2.05, 4.69) is 6.58 Å². The second kappa shape index (κ2) is 6.43. The van der Waals surface area contributed by atoms with Crippen molar-refractivity contribution in [2.24, 2.45) is 11.8 Å². The standard InChI is InChI=1S/C21H22O4/c1-2-24-19-12-16-6-8-18(19)21(16)25-20(23)10-13-3-4-15-11-17(22)7-5-14(15)9-13/h2-5,7,9,11,16,18-19,21-22H,1,6,8,10,12H2. The molecular weight excluding hydrogens is 316 g/mol. The monoisotopic (exact) mass is 338 g/mol. The summed E-state index contributed by atoms with van der Waals surface area (Å²) >= 11 is 0. The number of aromatic hydroxyl groups is 1. The lowest BCUT2D eigenvalue weighted by Gasteiger charge is -2.21. The van der Waals surface area contributed by atoms with Gasteiger partial charge in [-0.25, -0.2) is 0 Å². The van der Waals surface area contributed by atoms with E-state index in [-0.39, 0.29) is 30.3 Å². The number of hydrogen-bond donors (Lipinski definition) is 1. The summed E-state index contributed by atoms with van der Waals surface area (Å²) in [6, 6.07) is 11.0. The first-order valence-corrected chi connectivity index (χ1v) is 8.81. The number of phenols is 1. The van der Waals surface area contributed by atoms with Crippen molar-refractivity contribution in [1.82, 2.24) is 0 Å². The van der Waals surface area contributed by atoms with Crippen molar-refractivity contribution >= 4 is 16.7 Å². The lowest BCUT2D eigenvalue weighted by Crippen LogP contribution is -2.27. The Morgan fingerprint density at radius 3 is 2.84 bits per heavy atom. The molecule has 0 spiro atoms. The second-order valence-electron chi connectivity index (χ2n) is 7.08. The summed E-state index contributed by atoms with van der Waals surface area (Å²) < 4.78 is 11.4. The van der Waals surface area contributed by atoms with Crippen LogP contribution in [0, 0.1) is 11.8 Å². The van der Waals surface area contributed by atoms with Gasteiger partial charge in [0.2, 0.25) is 0 Å². The molecule has 0 aliphatic heterocycles. The van der Waals surface area contributed by atoms with Crippen LogP contribution >= 0.6 is 0 Å². The van der Waals surface area contributed by atoms with E-state index in [9.17, 15) is 9.90 Å². The molecule has 25 heavy (non-hydrogen) atoms. The molecule has 0 radical (unpaired) electrons. The van der Waals surface area contributed by atoms with E-state index in [0.29, 0.717) is 11.8 Å². The van der Waals surface area contributed by atoms with E-state index in [1.807, 2.05) is 24.3 Å². The van der Waals surface area contributed by atoms with Crippen molar-refractivity contribution in [3.05, 3.63) is 54.8 Å². The zero-order valence-electron chi connectivity index (χ0n) is 14.1. The van der Waals surface area contributed by atoms with E-state index >= 15 is 0 Å². The molecule has 4 heteroatoms. The molecule has 130 valence electrons. The Bertz CT molecular complexity index is 813. The smallest absolute Gasteiger partial charge is 0.310 e. The minimum atomic E-state index is -0.181. The fourth-order valence-electron chi connectivity index (χ4n) is 4.42. The lowest BCUT2D eigenvalue weighted by atomic mass is 9.98. The quantitative estimate of drug-likeness (QED) is 0.662. The number of rotatable bonds is 5. The Hall–Kier alpha value is -2.49. The Morgan fingerprint density at radius 1 is 1.20 bits per heavy atom. The molecule has 0 saturated heterocycles. The molecule has 4 unspecified atom stereocenters. The number of fused-ring (bicyclic) bond motifs is 3. The minimum Gasteiger partial charge on any atom is -0.508 e. The van der Waals surface area contributed by atoms with E-state index in [1.54, 1.807) is 12.1 Å². The predicted octanol–water partition coefficient (Wildman–Crippen LogP) is 3.96. The number of carbonyl (C=O) groups is 1. The topological polar surface area (TPSA) is 55.8 Å². The van der Waals surface area contributed by atoms with Gasteiger partial charge in [-0.3, -0.25) is 4.79 Å². The predicted molar refractivity (Wildman–Crippen MR) is 95.1 cm³/mol. The second-order valence-corrected chi connectivity index (χ2v) is 7.08. The molecule has 2 saturated carbocycles. The number of esters is 1. The van der Waals surface area contributed by atoms with Crippen molar-refractivity contribution in [3.8, 4) is 5.75 Å². The average Bonchev–Trinajstić information content (AvgIpc) is 3.11. The summed E-state index contributed by atoms with van der Waals surface area (Å²) in [4.78, 5) is 12.4. The summed E-state index contributed by atoms with van der Waals surface area (Å²) in [6.07, 6.45) is 5.00. The average molecular weight is 338 g/mol. The van der Waals surface area contributed by atoms with Gasteiger partial charge < -0.3 is 14.6 Å². The van der Waals surface area contributed by atoms with E-state index in [4.69, 9.17) is 9.47 Å². The Kier molecular flexibility index (Phi) is 4.12. The number of benzene rings is 2. The van der Waals surface area contributed by atoms with Crippen molar-refractivity contribution in [2.75, 3.05) is 0 Å². The summed E-state index contributed by atoms with van der Waals surface area (Å²) in [5, 5.41) is 11.5. The van der Waals surface area contributed by atoms with Gasteiger partial charge in [-0.15, -0.1) is 0 Å². The molecule has 2 aliphatic rings. The highest BCUT2D eigenvalue weighted by Gasteiger charge is 2.51. The molecule has 2 bridgehead atoms. The minimum absolute atomic E-state index is 0.0187. The first-order valence-electron chi connectivity index (χ1n) is 8.81. The molecule has 0 heterocycles. The molecule has 0 aromatic heterocycles. The van der Waals surface area contributed by atoms with Crippen LogP contribution in [0.5, 0.6) is 5.75 Å². The van der Waals surface area contributed by atoms with Crippen molar-refractivity contribution < 1.29 is 19.4 Å². The van der Waals surface area contributed by atoms with Crippen LogP contribution in [0.1, 0.15) is 24.8 Å². The van der Waals surface area contributed by atoms with Crippen LogP contribution < -0.4 is 0 Å². The van der Waals surface area contributed by atoms with Crippen LogP contribution in [0.3, 0.4) is 0 Å². The van der Waals surface area contributed by atoms with Crippen LogP contribution in [0.15, 0.2) is 49.2 Å². The molecule has 4 rings (SSSR count). The zero-order chi connectivity index (χ0) is 17.4. The fraction of sp³-hybridized carbons (Fsp3) is 0.381. The number of carbonyl (C=O) groups excluding carboxylic acids is 1. The van der Waals surface area contributed by atoms with Crippen LogP contribution in [0.25, 0.3) is 10.8 Å². The van der Waals surface area contributed by atoms with Gasteiger partial charge in [-0.1, -0.05) is 30.8 Å². The SMILES string of the molecule is C=COC1CC2CCC1C2OC(=O)Cc1ccc2cc(O)ccc2c1. The van der Waals surface area contributed by atoms with Crippen LogP contribution in [-0.2, 0) is 20.7 Å². The normalized spacial score (nSPS) is 27.4. The first kappa shape index (κ1) is 16.0. The summed E-state index contributed by atoms with van der Waals surface area (Å²) in [5.41, 5.74) is 0.924. The third kappa shape index (κ3) is 3.09. The van der Waals surface area contributed by atoms with Crippen molar-refractivity contribution in [2.45, 2.75) is 37.9 Å². The van der Waals surface area contributed by atoms with Gasteiger partial charge in [-0.05, 0) is 53.6 Å². The largest absolute Gasteiger partial charge is 0.508 e. The molecule has 2 aromatic carbocycles. The summed E-state index contributed by atoms with van der Waals surface area (Å²) in [7, 11) is 0. The number of phenolic OH excluding ortho intramolecular Hbond substituents is 1. The molecule has 0 amide bonds. The highest BCUT2D eigenvalue weighted by Crippen LogP contribution is 2.48. The highest BCUT2D eigenvalue weighted by molar-refractivity contribution is 5.85. The molecule has 4 atom stereocenters. The molecular formula is C21H22O4. The van der Waals surface area contributed by atoms with Gasteiger partial charge >= 0.3 is 5.97 Å². The molecule has 2 aromatic rings. The molecule has 2 aliphatic carbocycles. The lowest BCUT2D eigenvalue weighted by molar-refractivity contribution is -0.151. The van der Waals surface area contributed by atoms with Gasteiger partial charge in [0.1, 0.15) is 18.0 Å². The molecule has 4 nitrogen and oxygen atoms in total. The Balaban J connectivity index is 1.42. The summed E-state index contributed by atoms with van der Waals surface area (Å²) in [6.45, 7) is 3.63. The summed E-state index contributed by atoms with van der Waals surface area (Å²) in [5.74, 6) is 0.775. The van der Waals surface area contributed by atoms with Crippen LogP contribution in [0.4, 0.5) is 0 Å². The third-order valence-corrected chi connectivity index (χ3v) is 5.55. The number of hydrogen-bond acceptors (Lipinski definition) is 4. The van der Waals surface area contributed by atoms with Gasteiger partial charge in [0.05, 0.1) is 12.7 Å². The van der Waals surface area contributed by atoms with Crippen LogP contribution in [0.2, 0.25) is 0 Å². The maximum atomic E-state index is 12.4. The Labute approximate surface area is 147 Å². The van der Waals surface area contributed by atoms with E-state index in [1.165, 1.54) is 6.26 Å².